The number of benzene rings is 1. The second-order valence-electron chi connectivity index (χ2n) is 4.60. The second-order valence-corrected chi connectivity index (χ2v) is 5.45. The van der Waals surface area contributed by atoms with Gasteiger partial charge in [0.2, 0.25) is 0 Å². The number of hydrogen-bond donors (Lipinski definition) is 2. The van der Waals surface area contributed by atoms with Gasteiger partial charge in [0.1, 0.15) is 13.2 Å². The molecule has 0 saturated heterocycles. The van der Waals surface area contributed by atoms with Gasteiger partial charge < -0.3 is 19.9 Å². The van der Waals surface area contributed by atoms with Crippen LogP contribution >= 0.6 is 15.9 Å². The fraction of sp³-hybridized carbons (Fsp3) is 0.571. The molecule has 1 aliphatic heterocycles. The molecule has 0 radical (unpaired) electrons. The predicted molar refractivity (Wildman–Crippen MR) is 77.8 cm³/mol. The van der Waals surface area contributed by atoms with E-state index in [1.807, 2.05) is 12.1 Å². The number of halogens is 1. The molecule has 1 aromatic carbocycles. The summed E-state index contributed by atoms with van der Waals surface area (Å²) in [7, 11) is 0. The molecule has 1 aliphatic rings. The number of fused-ring (bicyclic) bond motifs is 1. The third kappa shape index (κ3) is 3.84. The van der Waals surface area contributed by atoms with Crippen LogP contribution in [0.25, 0.3) is 0 Å². The SMILES string of the molecule is CCC(CCO)NCc1cc(Br)c2c(c1)OCCO2. The maximum atomic E-state index is 8.98. The van der Waals surface area contributed by atoms with Gasteiger partial charge in [-0.15, -0.1) is 0 Å². The van der Waals surface area contributed by atoms with E-state index >= 15 is 0 Å². The van der Waals surface area contributed by atoms with Crippen LogP contribution in [-0.4, -0.2) is 31.0 Å². The molecule has 1 aromatic rings. The summed E-state index contributed by atoms with van der Waals surface area (Å²) in [6, 6.07) is 4.40. The molecular weight excluding hydrogens is 310 g/mol. The topological polar surface area (TPSA) is 50.7 Å². The minimum absolute atomic E-state index is 0.219. The summed E-state index contributed by atoms with van der Waals surface area (Å²) in [5.74, 6) is 1.59. The van der Waals surface area contributed by atoms with Crippen molar-refractivity contribution in [3.8, 4) is 11.5 Å². The third-order valence-electron chi connectivity index (χ3n) is 3.22. The van der Waals surface area contributed by atoms with Crippen LogP contribution in [0.15, 0.2) is 16.6 Å². The first-order valence-corrected chi connectivity index (χ1v) is 7.46. The van der Waals surface area contributed by atoms with Gasteiger partial charge in [0.05, 0.1) is 4.47 Å². The van der Waals surface area contributed by atoms with Gasteiger partial charge in [-0.1, -0.05) is 6.92 Å². The van der Waals surface area contributed by atoms with Crippen LogP contribution in [0.1, 0.15) is 25.3 Å². The van der Waals surface area contributed by atoms with Crippen molar-refractivity contribution in [1.29, 1.82) is 0 Å². The normalized spacial score (nSPS) is 15.3. The Morgan fingerprint density at radius 3 is 2.89 bits per heavy atom. The smallest absolute Gasteiger partial charge is 0.175 e. The average Bonchev–Trinajstić information content (AvgIpc) is 2.43. The Kier molecular flexibility index (Phi) is 5.48. The van der Waals surface area contributed by atoms with E-state index in [0.29, 0.717) is 19.3 Å². The standard InChI is InChI=1S/C14H20BrNO3/c1-2-11(3-4-17)16-9-10-7-12(15)14-13(8-10)18-5-6-19-14/h7-8,11,16-17H,2-6,9H2,1H3. The van der Waals surface area contributed by atoms with Crippen molar-refractivity contribution in [2.75, 3.05) is 19.8 Å². The molecule has 2 rings (SSSR count). The summed E-state index contributed by atoms with van der Waals surface area (Å²) >= 11 is 3.51. The van der Waals surface area contributed by atoms with Crippen molar-refractivity contribution in [2.45, 2.75) is 32.4 Å². The highest BCUT2D eigenvalue weighted by molar-refractivity contribution is 9.10. The Hall–Kier alpha value is -0.780. The van der Waals surface area contributed by atoms with Crippen LogP contribution < -0.4 is 14.8 Å². The number of ether oxygens (including phenoxy) is 2. The maximum absolute atomic E-state index is 8.98. The van der Waals surface area contributed by atoms with Crippen molar-refractivity contribution in [3.05, 3.63) is 22.2 Å². The molecule has 0 fully saturated rings. The fourth-order valence-electron chi connectivity index (χ4n) is 2.13. The Morgan fingerprint density at radius 2 is 2.16 bits per heavy atom. The van der Waals surface area contributed by atoms with Crippen molar-refractivity contribution in [1.82, 2.24) is 5.32 Å². The van der Waals surface area contributed by atoms with E-state index in [9.17, 15) is 0 Å². The highest BCUT2D eigenvalue weighted by Crippen LogP contribution is 2.38. The summed E-state index contributed by atoms with van der Waals surface area (Å²) < 4.78 is 12.1. The van der Waals surface area contributed by atoms with E-state index in [4.69, 9.17) is 14.6 Å². The summed E-state index contributed by atoms with van der Waals surface area (Å²) in [5, 5.41) is 12.4. The van der Waals surface area contributed by atoms with Gasteiger partial charge in [-0.2, -0.15) is 0 Å². The van der Waals surface area contributed by atoms with Crippen molar-refractivity contribution < 1.29 is 14.6 Å². The monoisotopic (exact) mass is 329 g/mol. The zero-order valence-electron chi connectivity index (χ0n) is 11.1. The predicted octanol–water partition coefficient (Wildman–Crippen LogP) is 2.47. The molecule has 0 aliphatic carbocycles. The lowest BCUT2D eigenvalue weighted by Gasteiger charge is -2.21. The molecule has 0 saturated carbocycles. The highest BCUT2D eigenvalue weighted by atomic mass is 79.9. The molecule has 4 nitrogen and oxygen atoms in total. The number of nitrogens with one attached hydrogen (secondary N) is 1. The van der Waals surface area contributed by atoms with Gasteiger partial charge in [-0.3, -0.25) is 0 Å². The van der Waals surface area contributed by atoms with Crippen LogP contribution in [0, 0.1) is 0 Å². The van der Waals surface area contributed by atoms with Crippen LogP contribution in [0.5, 0.6) is 11.5 Å². The number of rotatable bonds is 6. The first kappa shape index (κ1) is 14.6. The van der Waals surface area contributed by atoms with Gasteiger partial charge in [0, 0.05) is 19.2 Å². The summed E-state index contributed by atoms with van der Waals surface area (Å²) in [5.41, 5.74) is 1.15. The summed E-state index contributed by atoms with van der Waals surface area (Å²) in [4.78, 5) is 0. The largest absolute Gasteiger partial charge is 0.486 e. The molecule has 2 N–H and O–H groups in total. The molecule has 1 atom stereocenters. The van der Waals surface area contributed by atoms with E-state index in [0.717, 1.165) is 40.9 Å². The Morgan fingerprint density at radius 1 is 1.37 bits per heavy atom. The molecule has 0 spiro atoms. The van der Waals surface area contributed by atoms with Crippen LogP contribution in [0.3, 0.4) is 0 Å². The molecular formula is C14H20BrNO3. The quantitative estimate of drug-likeness (QED) is 0.841. The average molecular weight is 330 g/mol. The van der Waals surface area contributed by atoms with Crippen LogP contribution in [-0.2, 0) is 6.54 Å². The molecule has 5 heteroatoms. The zero-order chi connectivity index (χ0) is 13.7. The van der Waals surface area contributed by atoms with E-state index in [1.54, 1.807) is 0 Å². The number of aliphatic hydroxyl groups excluding tert-OH is 1. The molecule has 1 heterocycles. The highest BCUT2D eigenvalue weighted by Gasteiger charge is 2.16. The van der Waals surface area contributed by atoms with Gasteiger partial charge in [-0.05, 0) is 46.5 Å². The van der Waals surface area contributed by atoms with Crippen molar-refractivity contribution in [2.24, 2.45) is 0 Å². The van der Waals surface area contributed by atoms with Gasteiger partial charge in [-0.25, -0.2) is 0 Å². The van der Waals surface area contributed by atoms with Crippen LogP contribution in [0.4, 0.5) is 0 Å². The maximum Gasteiger partial charge on any atom is 0.175 e. The second kappa shape index (κ2) is 7.12. The van der Waals surface area contributed by atoms with E-state index in [1.165, 1.54) is 0 Å². The molecule has 106 valence electrons. The number of aliphatic hydroxyl groups is 1. The summed E-state index contributed by atoms with van der Waals surface area (Å²) in [6.45, 7) is 4.28. The van der Waals surface area contributed by atoms with Gasteiger partial charge in [0.15, 0.2) is 11.5 Å². The molecule has 19 heavy (non-hydrogen) atoms. The first-order chi connectivity index (χ1) is 9.24. The van der Waals surface area contributed by atoms with E-state index in [2.05, 4.69) is 28.2 Å². The van der Waals surface area contributed by atoms with E-state index in [-0.39, 0.29) is 6.61 Å². The van der Waals surface area contributed by atoms with Crippen molar-refractivity contribution >= 4 is 15.9 Å². The lowest BCUT2D eigenvalue weighted by molar-refractivity contribution is 0.170. The van der Waals surface area contributed by atoms with E-state index < -0.39 is 0 Å². The zero-order valence-corrected chi connectivity index (χ0v) is 12.7. The van der Waals surface area contributed by atoms with Gasteiger partial charge >= 0.3 is 0 Å². The molecule has 0 aromatic heterocycles. The third-order valence-corrected chi connectivity index (χ3v) is 3.81. The lowest BCUT2D eigenvalue weighted by Crippen LogP contribution is -2.29. The molecule has 0 bridgehead atoms. The van der Waals surface area contributed by atoms with Crippen LogP contribution in [0.2, 0.25) is 0 Å². The number of hydrogen-bond acceptors (Lipinski definition) is 4. The van der Waals surface area contributed by atoms with Gasteiger partial charge in [0.25, 0.3) is 0 Å². The first-order valence-electron chi connectivity index (χ1n) is 6.66. The minimum Gasteiger partial charge on any atom is -0.486 e. The Labute approximate surface area is 122 Å². The Balaban J connectivity index is 2.02. The molecule has 0 amide bonds. The molecule has 1 unspecified atom stereocenters. The summed E-state index contributed by atoms with van der Waals surface area (Å²) in [6.07, 6.45) is 1.79. The lowest BCUT2D eigenvalue weighted by atomic mass is 10.1. The minimum atomic E-state index is 0.219. The van der Waals surface area contributed by atoms with Crippen molar-refractivity contribution in [3.63, 3.8) is 0 Å². The Bertz CT molecular complexity index is 425. The fourth-order valence-corrected chi connectivity index (χ4v) is 2.74.